The molecule has 0 aliphatic carbocycles. The zero-order chi connectivity index (χ0) is 13.9. The van der Waals surface area contributed by atoms with E-state index < -0.39 is 22.1 Å². The first-order valence-corrected chi connectivity index (χ1v) is 7.36. The Kier molecular flexibility index (Phi) is 4.98. The van der Waals surface area contributed by atoms with E-state index in [-0.39, 0.29) is 5.02 Å². The summed E-state index contributed by atoms with van der Waals surface area (Å²) in [7, 11) is -2.41. The van der Waals surface area contributed by atoms with Crippen molar-refractivity contribution >= 4 is 39.2 Å². The number of rotatable bonds is 4. The highest BCUT2D eigenvalue weighted by Gasteiger charge is 2.25. The van der Waals surface area contributed by atoms with E-state index in [1.807, 2.05) is 0 Å². The molecule has 1 rings (SSSR count). The molecule has 0 radical (unpaired) electrons. The largest absolute Gasteiger partial charge is 0.357 e. The Morgan fingerprint density at radius 2 is 1.94 bits per heavy atom. The van der Waals surface area contributed by atoms with Gasteiger partial charge in [0.1, 0.15) is 0 Å². The lowest BCUT2D eigenvalue weighted by molar-refractivity contribution is -0.127. The molecular weight excluding hydrogens is 301 g/mol. The minimum Gasteiger partial charge on any atom is -0.357 e. The van der Waals surface area contributed by atoms with Gasteiger partial charge in [-0.05, 0) is 17.7 Å². The number of likely N-dealkylation sites (N-methyl/N-ethyl adjacent to an activating group) is 1. The Morgan fingerprint density at radius 3 is 2.39 bits per heavy atom. The van der Waals surface area contributed by atoms with Gasteiger partial charge in [-0.2, -0.15) is 8.42 Å². The number of benzene rings is 1. The number of carbonyl (C=O) groups excluding carboxylic acids is 1. The minimum atomic E-state index is -3.79. The second-order valence-electron chi connectivity index (χ2n) is 3.47. The van der Waals surface area contributed by atoms with Gasteiger partial charge in [-0.25, -0.2) is 0 Å². The van der Waals surface area contributed by atoms with Gasteiger partial charge in [0.05, 0.1) is 16.3 Å². The molecule has 5 nitrogen and oxygen atoms in total. The maximum absolute atomic E-state index is 11.6. The highest BCUT2D eigenvalue weighted by Crippen LogP contribution is 2.28. The number of hydrogen-bond donors (Lipinski definition) is 1. The van der Waals surface area contributed by atoms with Crippen molar-refractivity contribution in [2.45, 2.75) is 6.10 Å². The molecule has 0 saturated heterocycles. The third kappa shape index (κ3) is 4.13. The summed E-state index contributed by atoms with van der Waals surface area (Å²) >= 11 is 11.5. The summed E-state index contributed by atoms with van der Waals surface area (Å²) < 4.78 is 27.0. The smallest absolute Gasteiger partial charge is 0.265 e. The van der Waals surface area contributed by atoms with E-state index in [1.165, 1.54) is 25.2 Å². The highest BCUT2D eigenvalue weighted by atomic mass is 35.5. The van der Waals surface area contributed by atoms with Crippen LogP contribution in [-0.2, 0) is 19.1 Å². The monoisotopic (exact) mass is 311 g/mol. The third-order valence-electron chi connectivity index (χ3n) is 2.00. The molecule has 0 aliphatic rings. The van der Waals surface area contributed by atoms with Crippen LogP contribution >= 0.6 is 23.2 Å². The summed E-state index contributed by atoms with van der Waals surface area (Å²) in [6.45, 7) is 0. The van der Waals surface area contributed by atoms with Gasteiger partial charge in [0.2, 0.25) is 0 Å². The van der Waals surface area contributed by atoms with Crippen molar-refractivity contribution in [2.24, 2.45) is 0 Å². The predicted octanol–water partition coefficient (Wildman–Crippen LogP) is 1.76. The molecule has 1 amide bonds. The van der Waals surface area contributed by atoms with Gasteiger partial charge in [0, 0.05) is 7.05 Å². The van der Waals surface area contributed by atoms with Gasteiger partial charge in [-0.3, -0.25) is 8.98 Å². The Balaban J connectivity index is 3.17. The molecule has 1 aromatic carbocycles. The summed E-state index contributed by atoms with van der Waals surface area (Å²) in [5.74, 6) is -0.598. The fourth-order valence-electron chi connectivity index (χ4n) is 1.23. The number of nitrogens with one attached hydrogen (secondary N) is 1. The lowest BCUT2D eigenvalue weighted by atomic mass is 10.1. The maximum Gasteiger partial charge on any atom is 0.265 e. The lowest BCUT2D eigenvalue weighted by Crippen LogP contribution is -2.29. The summed E-state index contributed by atoms with van der Waals surface area (Å²) in [6, 6.07) is 4.31. The number of amides is 1. The van der Waals surface area contributed by atoms with Crippen molar-refractivity contribution in [3.05, 3.63) is 33.8 Å². The van der Waals surface area contributed by atoms with Crippen LogP contribution in [0.1, 0.15) is 11.7 Å². The molecule has 8 heteroatoms. The van der Waals surface area contributed by atoms with Gasteiger partial charge in [-0.15, -0.1) is 0 Å². The minimum absolute atomic E-state index is 0.208. The van der Waals surface area contributed by atoms with Crippen molar-refractivity contribution in [3.63, 3.8) is 0 Å². The zero-order valence-electron chi connectivity index (χ0n) is 9.61. The van der Waals surface area contributed by atoms with Gasteiger partial charge in [-0.1, -0.05) is 29.3 Å². The first kappa shape index (κ1) is 15.2. The number of carbonyl (C=O) groups is 1. The number of hydrogen-bond acceptors (Lipinski definition) is 4. The zero-order valence-corrected chi connectivity index (χ0v) is 11.9. The van der Waals surface area contributed by atoms with Gasteiger partial charge in [0.25, 0.3) is 16.0 Å². The molecule has 1 aromatic rings. The first-order chi connectivity index (χ1) is 8.24. The average molecular weight is 312 g/mol. The third-order valence-corrected chi connectivity index (χ3v) is 3.28. The van der Waals surface area contributed by atoms with Gasteiger partial charge >= 0.3 is 0 Å². The second-order valence-corrected chi connectivity index (χ2v) is 5.88. The van der Waals surface area contributed by atoms with Crippen LogP contribution in [-0.4, -0.2) is 27.6 Å². The van der Waals surface area contributed by atoms with Crippen LogP contribution in [0.4, 0.5) is 0 Å². The van der Waals surface area contributed by atoms with Crippen LogP contribution in [0.25, 0.3) is 0 Å². The normalized spacial score (nSPS) is 13.1. The van der Waals surface area contributed by atoms with Gasteiger partial charge < -0.3 is 5.32 Å². The molecule has 0 aliphatic heterocycles. The van der Waals surface area contributed by atoms with Gasteiger partial charge in [0.15, 0.2) is 6.10 Å². The predicted molar refractivity (Wildman–Crippen MR) is 69.2 cm³/mol. The van der Waals surface area contributed by atoms with Crippen LogP contribution in [0.5, 0.6) is 0 Å². The molecule has 0 fully saturated rings. The SMILES string of the molecule is CNC(=O)[C@@H](OS(C)(=O)=O)c1ccc(Cl)c(Cl)c1. The Hall–Kier alpha value is -0.820. The molecule has 0 heterocycles. The van der Waals surface area contributed by atoms with E-state index in [1.54, 1.807) is 0 Å². The molecule has 0 bridgehead atoms. The first-order valence-electron chi connectivity index (χ1n) is 4.79. The molecule has 100 valence electrons. The molecule has 0 unspecified atom stereocenters. The lowest BCUT2D eigenvalue weighted by Gasteiger charge is -2.15. The van der Waals surface area contributed by atoms with E-state index >= 15 is 0 Å². The van der Waals surface area contributed by atoms with Crippen LogP contribution in [0, 0.1) is 0 Å². The van der Waals surface area contributed by atoms with Crippen molar-refractivity contribution < 1.29 is 17.4 Å². The Bertz CT molecular complexity index is 559. The van der Waals surface area contributed by atoms with E-state index in [4.69, 9.17) is 27.4 Å². The number of halogens is 2. The summed E-state index contributed by atoms with van der Waals surface area (Å²) in [5, 5.41) is 2.83. The maximum atomic E-state index is 11.6. The van der Waals surface area contributed by atoms with E-state index in [0.29, 0.717) is 10.6 Å². The van der Waals surface area contributed by atoms with Crippen molar-refractivity contribution in [1.29, 1.82) is 0 Å². The molecular formula is C10H11Cl2NO4S. The van der Waals surface area contributed by atoms with E-state index in [0.717, 1.165) is 6.26 Å². The molecule has 18 heavy (non-hydrogen) atoms. The van der Waals surface area contributed by atoms with Crippen LogP contribution in [0.2, 0.25) is 10.0 Å². The van der Waals surface area contributed by atoms with Crippen molar-refractivity contribution in [2.75, 3.05) is 13.3 Å². The van der Waals surface area contributed by atoms with E-state index in [2.05, 4.69) is 5.32 Å². The Morgan fingerprint density at radius 1 is 1.33 bits per heavy atom. The molecule has 0 saturated carbocycles. The van der Waals surface area contributed by atoms with Crippen molar-refractivity contribution in [3.8, 4) is 0 Å². The molecule has 0 aromatic heterocycles. The summed E-state index contributed by atoms with van der Waals surface area (Å²) in [6.07, 6.45) is -0.430. The quantitative estimate of drug-likeness (QED) is 0.860. The molecule has 1 atom stereocenters. The molecule has 1 N–H and O–H groups in total. The van der Waals surface area contributed by atoms with Crippen LogP contribution in [0.3, 0.4) is 0 Å². The second kappa shape index (κ2) is 5.88. The summed E-state index contributed by atoms with van der Waals surface area (Å²) in [5.41, 5.74) is 0.300. The fraction of sp³-hybridized carbons (Fsp3) is 0.300. The fourth-order valence-corrected chi connectivity index (χ4v) is 2.09. The average Bonchev–Trinajstić information content (AvgIpc) is 2.27. The highest BCUT2D eigenvalue weighted by molar-refractivity contribution is 7.86. The van der Waals surface area contributed by atoms with Crippen LogP contribution < -0.4 is 5.32 Å². The summed E-state index contributed by atoms with van der Waals surface area (Å²) in [4.78, 5) is 11.6. The van der Waals surface area contributed by atoms with Crippen molar-refractivity contribution in [1.82, 2.24) is 5.32 Å². The standard InChI is InChI=1S/C10H11Cl2NO4S/c1-13-10(14)9(17-18(2,15)16)6-3-4-7(11)8(12)5-6/h3-5,9H,1-2H3,(H,13,14)/t9-/m0/s1. The topological polar surface area (TPSA) is 72.5 Å². The Labute approximate surface area is 115 Å². The van der Waals surface area contributed by atoms with E-state index in [9.17, 15) is 13.2 Å². The molecule has 0 spiro atoms. The van der Waals surface area contributed by atoms with Crippen LogP contribution in [0.15, 0.2) is 18.2 Å².